The predicted molar refractivity (Wildman–Crippen MR) is 69.4 cm³/mol. The van der Waals surface area contributed by atoms with Gasteiger partial charge in [-0.1, -0.05) is 0 Å². The van der Waals surface area contributed by atoms with E-state index in [-0.39, 0.29) is 16.4 Å². The van der Waals surface area contributed by atoms with E-state index >= 15 is 0 Å². The number of pyridine rings is 1. The zero-order valence-corrected chi connectivity index (χ0v) is 11.2. The summed E-state index contributed by atoms with van der Waals surface area (Å²) in [6.07, 6.45) is 1.12. The van der Waals surface area contributed by atoms with Crippen molar-refractivity contribution in [1.29, 1.82) is 0 Å². The highest BCUT2D eigenvalue weighted by atomic mass is 32.2. The van der Waals surface area contributed by atoms with Crippen LogP contribution in [0.1, 0.15) is 11.4 Å². The average Bonchev–Trinajstić information content (AvgIpc) is 2.27. The third-order valence-electron chi connectivity index (χ3n) is 2.27. The summed E-state index contributed by atoms with van der Waals surface area (Å²) in [5.74, 6) is 0.00343. The van der Waals surface area contributed by atoms with Gasteiger partial charge in [-0.15, -0.1) is 0 Å². The van der Waals surface area contributed by atoms with Gasteiger partial charge >= 0.3 is 0 Å². The molecule has 0 aromatic carbocycles. The maximum atomic E-state index is 12.0. The van der Waals surface area contributed by atoms with Gasteiger partial charge < -0.3 is 4.98 Å². The van der Waals surface area contributed by atoms with Crippen LogP contribution in [-0.2, 0) is 10.0 Å². The summed E-state index contributed by atoms with van der Waals surface area (Å²) >= 11 is 0. The maximum absolute atomic E-state index is 12.0. The molecule has 0 unspecified atom stereocenters. The van der Waals surface area contributed by atoms with E-state index in [0.29, 0.717) is 11.4 Å². The minimum absolute atomic E-state index is 0.00343. The minimum atomic E-state index is -3.81. The summed E-state index contributed by atoms with van der Waals surface area (Å²) in [5, 5.41) is 0. The van der Waals surface area contributed by atoms with Crippen LogP contribution in [0.5, 0.6) is 0 Å². The fraction of sp³-hybridized carbons (Fsp3) is 0.182. The molecule has 0 saturated heterocycles. The van der Waals surface area contributed by atoms with Crippen LogP contribution in [0, 0.1) is 13.8 Å². The van der Waals surface area contributed by atoms with E-state index in [1.165, 1.54) is 6.07 Å². The third kappa shape index (κ3) is 3.16. The second-order valence-electron chi connectivity index (χ2n) is 3.97. The number of sulfonamides is 1. The number of aromatic nitrogens is 3. The molecule has 0 saturated carbocycles. The topological polar surface area (TPSA) is 105 Å². The highest BCUT2D eigenvalue weighted by molar-refractivity contribution is 7.92. The Balaban J connectivity index is 2.36. The van der Waals surface area contributed by atoms with Crippen molar-refractivity contribution in [1.82, 2.24) is 15.0 Å². The lowest BCUT2D eigenvalue weighted by Gasteiger charge is -2.07. The monoisotopic (exact) mass is 280 g/mol. The summed E-state index contributed by atoms with van der Waals surface area (Å²) in [6, 6.07) is 4.08. The Kier molecular flexibility index (Phi) is 3.34. The molecule has 0 bridgehead atoms. The summed E-state index contributed by atoms with van der Waals surface area (Å²) in [7, 11) is -3.81. The highest BCUT2D eigenvalue weighted by Gasteiger charge is 2.16. The number of nitrogens with one attached hydrogen (secondary N) is 2. The zero-order valence-electron chi connectivity index (χ0n) is 10.3. The number of aromatic amines is 1. The van der Waals surface area contributed by atoms with Gasteiger partial charge in [-0.3, -0.25) is 4.79 Å². The van der Waals surface area contributed by atoms with E-state index < -0.39 is 10.0 Å². The molecule has 7 nitrogen and oxygen atoms in total. The quantitative estimate of drug-likeness (QED) is 0.855. The number of anilines is 1. The minimum Gasteiger partial charge on any atom is -0.328 e. The average molecular weight is 280 g/mol. The van der Waals surface area contributed by atoms with Crippen LogP contribution in [0.25, 0.3) is 0 Å². The molecule has 0 aliphatic carbocycles. The SMILES string of the molecule is Cc1cc(C)nc(NS(=O)(=O)c2ccc(=O)[nH]c2)n1. The van der Waals surface area contributed by atoms with Crippen molar-refractivity contribution in [2.45, 2.75) is 18.7 Å². The van der Waals surface area contributed by atoms with Crippen LogP contribution in [0.15, 0.2) is 34.1 Å². The molecule has 2 rings (SSSR count). The largest absolute Gasteiger partial charge is 0.328 e. The van der Waals surface area contributed by atoms with E-state index in [4.69, 9.17) is 0 Å². The number of rotatable bonds is 3. The molecule has 0 aliphatic heterocycles. The van der Waals surface area contributed by atoms with E-state index in [0.717, 1.165) is 12.3 Å². The molecule has 2 aromatic heterocycles. The third-order valence-corrected chi connectivity index (χ3v) is 3.60. The second kappa shape index (κ2) is 4.81. The van der Waals surface area contributed by atoms with Crippen LogP contribution >= 0.6 is 0 Å². The van der Waals surface area contributed by atoms with Crippen molar-refractivity contribution in [2.75, 3.05) is 4.72 Å². The molecule has 0 fully saturated rings. The van der Waals surface area contributed by atoms with Crippen molar-refractivity contribution in [2.24, 2.45) is 0 Å². The maximum Gasteiger partial charge on any atom is 0.265 e. The number of hydrogen-bond acceptors (Lipinski definition) is 5. The molecular formula is C11H12N4O3S. The first-order valence-corrected chi connectivity index (χ1v) is 6.89. The van der Waals surface area contributed by atoms with E-state index in [2.05, 4.69) is 19.7 Å². The Labute approximate surface area is 109 Å². The summed E-state index contributed by atoms with van der Waals surface area (Å²) in [4.78, 5) is 21.1. The first kappa shape index (κ1) is 13.2. The van der Waals surface area contributed by atoms with Gasteiger partial charge in [0.05, 0.1) is 0 Å². The van der Waals surface area contributed by atoms with Crippen LogP contribution < -0.4 is 10.3 Å². The van der Waals surface area contributed by atoms with Gasteiger partial charge in [-0.25, -0.2) is 23.1 Å². The van der Waals surface area contributed by atoms with Crippen molar-refractivity contribution in [3.05, 3.63) is 46.1 Å². The van der Waals surface area contributed by atoms with E-state index in [9.17, 15) is 13.2 Å². The van der Waals surface area contributed by atoms with Crippen LogP contribution in [0.2, 0.25) is 0 Å². The van der Waals surface area contributed by atoms with Gasteiger partial charge in [0.1, 0.15) is 4.90 Å². The summed E-state index contributed by atoms with van der Waals surface area (Å²) < 4.78 is 26.3. The van der Waals surface area contributed by atoms with Crippen molar-refractivity contribution in [3.63, 3.8) is 0 Å². The molecule has 2 N–H and O–H groups in total. The number of hydrogen-bond donors (Lipinski definition) is 2. The predicted octanol–water partition coefficient (Wildman–Crippen LogP) is 0.583. The molecule has 0 atom stereocenters. The molecule has 0 amide bonds. The standard InChI is InChI=1S/C11H12N4O3S/c1-7-5-8(2)14-11(13-7)15-19(17,18)9-3-4-10(16)12-6-9/h3-6H,1-2H3,(H,12,16)(H,13,14,15). The van der Waals surface area contributed by atoms with Gasteiger partial charge in [-0.05, 0) is 26.0 Å². The van der Waals surface area contributed by atoms with Crippen molar-refractivity contribution in [3.8, 4) is 0 Å². The Hall–Kier alpha value is -2.22. The Bertz CT molecular complexity index is 727. The highest BCUT2D eigenvalue weighted by Crippen LogP contribution is 2.11. The molecule has 0 radical (unpaired) electrons. The zero-order chi connectivity index (χ0) is 14.0. The van der Waals surface area contributed by atoms with Gasteiger partial charge in [-0.2, -0.15) is 0 Å². The smallest absolute Gasteiger partial charge is 0.265 e. The van der Waals surface area contributed by atoms with Gasteiger partial charge in [0, 0.05) is 23.7 Å². The van der Waals surface area contributed by atoms with Crippen molar-refractivity contribution < 1.29 is 8.42 Å². The van der Waals surface area contributed by atoms with Crippen molar-refractivity contribution >= 4 is 16.0 Å². The Morgan fingerprint density at radius 2 is 1.79 bits per heavy atom. The molecule has 100 valence electrons. The fourth-order valence-corrected chi connectivity index (χ4v) is 2.42. The lowest BCUT2D eigenvalue weighted by molar-refractivity contribution is 0.600. The van der Waals surface area contributed by atoms with Gasteiger partial charge in [0.15, 0.2) is 0 Å². The summed E-state index contributed by atoms with van der Waals surface area (Å²) in [5.41, 5.74) is 0.944. The number of nitrogens with zero attached hydrogens (tertiary/aromatic N) is 2. The fourth-order valence-electron chi connectivity index (χ4n) is 1.51. The summed E-state index contributed by atoms with van der Waals surface area (Å²) in [6.45, 7) is 3.49. The number of H-pyrrole nitrogens is 1. The molecule has 0 aliphatic rings. The lowest BCUT2D eigenvalue weighted by atomic mass is 10.4. The van der Waals surface area contributed by atoms with Crippen LogP contribution in [0.3, 0.4) is 0 Å². The Morgan fingerprint density at radius 3 is 2.32 bits per heavy atom. The van der Waals surface area contributed by atoms with Crippen LogP contribution in [-0.4, -0.2) is 23.4 Å². The molecule has 8 heteroatoms. The molecule has 19 heavy (non-hydrogen) atoms. The molecule has 2 aromatic rings. The first-order chi connectivity index (χ1) is 8.87. The van der Waals surface area contributed by atoms with Gasteiger partial charge in [0.2, 0.25) is 11.5 Å². The van der Waals surface area contributed by atoms with Gasteiger partial charge in [0.25, 0.3) is 10.0 Å². The molecule has 2 heterocycles. The van der Waals surface area contributed by atoms with Crippen LogP contribution in [0.4, 0.5) is 5.95 Å². The van der Waals surface area contributed by atoms with E-state index in [1.807, 2.05) is 0 Å². The second-order valence-corrected chi connectivity index (χ2v) is 5.65. The Morgan fingerprint density at radius 1 is 1.16 bits per heavy atom. The normalized spacial score (nSPS) is 11.3. The first-order valence-electron chi connectivity index (χ1n) is 5.41. The lowest BCUT2D eigenvalue weighted by Crippen LogP contribution is -2.17. The molecular weight excluding hydrogens is 268 g/mol. The van der Waals surface area contributed by atoms with E-state index in [1.54, 1.807) is 19.9 Å². The number of aryl methyl sites for hydroxylation is 2. The molecule has 0 spiro atoms.